The van der Waals surface area contributed by atoms with Crippen LogP contribution in [0.1, 0.15) is 33.3 Å². The first-order valence-corrected chi connectivity index (χ1v) is 5.96. The van der Waals surface area contributed by atoms with Crippen molar-refractivity contribution in [1.82, 2.24) is 10.3 Å². The van der Waals surface area contributed by atoms with E-state index in [0.29, 0.717) is 5.82 Å². The van der Waals surface area contributed by atoms with Crippen LogP contribution in [0, 0.1) is 12.3 Å². The number of aromatic nitrogens is 1. The fourth-order valence-electron chi connectivity index (χ4n) is 1.08. The Bertz CT molecular complexity index is 441. The van der Waals surface area contributed by atoms with Crippen molar-refractivity contribution in [2.75, 3.05) is 5.32 Å². The van der Waals surface area contributed by atoms with Crippen molar-refractivity contribution in [3.63, 3.8) is 0 Å². The fraction of sp³-hybridized carbons (Fsp3) is 0.429. The smallest absolute Gasteiger partial charge is 0.314 e. The van der Waals surface area contributed by atoms with Crippen LogP contribution in [-0.4, -0.2) is 11.0 Å². The number of hydrogen-bond acceptors (Lipinski definition) is 2. The molecule has 1 aromatic heterocycles. The lowest BCUT2D eigenvalue weighted by Gasteiger charge is -2.19. The zero-order valence-corrected chi connectivity index (χ0v) is 11.7. The van der Waals surface area contributed by atoms with Crippen LogP contribution in [0.3, 0.4) is 0 Å². The number of allylic oxidation sites excluding steroid dienone is 1. The Morgan fingerprint density at radius 3 is 2.50 bits per heavy atom. The molecule has 0 saturated heterocycles. The number of carbonyl (C=O) groups excluding carboxylic acids is 1. The quantitative estimate of drug-likeness (QED) is 0.840. The molecule has 0 aliphatic heterocycles. The Hall–Kier alpha value is -1.84. The zero-order valence-electron chi connectivity index (χ0n) is 11.7. The van der Waals surface area contributed by atoms with E-state index in [4.69, 9.17) is 0 Å². The fourth-order valence-corrected chi connectivity index (χ4v) is 1.08. The maximum absolute atomic E-state index is 11.6. The summed E-state index contributed by atoms with van der Waals surface area (Å²) in [6.07, 6.45) is 3.44. The van der Waals surface area contributed by atoms with E-state index in [9.17, 15) is 4.79 Å². The van der Waals surface area contributed by atoms with Crippen LogP contribution in [0.15, 0.2) is 30.1 Å². The van der Waals surface area contributed by atoms with Crippen molar-refractivity contribution in [3.8, 4) is 0 Å². The van der Waals surface area contributed by atoms with Crippen LogP contribution in [0.2, 0.25) is 0 Å². The topological polar surface area (TPSA) is 54.0 Å². The second-order valence-electron chi connectivity index (χ2n) is 5.40. The Morgan fingerprint density at radius 1 is 1.33 bits per heavy atom. The number of pyridine rings is 1. The summed E-state index contributed by atoms with van der Waals surface area (Å²) >= 11 is 0. The molecule has 1 aromatic rings. The van der Waals surface area contributed by atoms with E-state index in [1.807, 2.05) is 19.9 Å². The van der Waals surface area contributed by atoms with Gasteiger partial charge in [0.25, 0.3) is 0 Å². The minimum atomic E-state index is -0.282. The Labute approximate surface area is 109 Å². The number of carbonyl (C=O) groups is 1. The number of anilines is 1. The molecule has 0 atom stereocenters. The van der Waals surface area contributed by atoms with Crippen molar-refractivity contribution in [1.29, 1.82) is 0 Å². The van der Waals surface area contributed by atoms with Crippen LogP contribution in [0.25, 0.3) is 0 Å². The second kappa shape index (κ2) is 5.67. The molecule has 4 heteroatoms. The second-order valence-corrected chi connectivity index (χ2v) is 5.40. The molecule has 0 saturated carbocycles. The predicted octanol–water partition coefficient (Wildman–Crippen LogP) is 3.46. The van der Waals surface area contributed by atoms with Crippen LogP contribution in [0.5, 0.6) is 0 Å². The molecule has 0 bridgehead atoms. The normalized spacial score (nSPS) is 12.2. The highest BCUT2D eigenvalue weighted by molar-refractivity contribution is 5.88. The van der Waals surface area contributed by atoms with E-state index in [1.165, 1.54) is 0 Å². The highest BCUT2D eigenvalue weighted by Gasteiger charge is 2.12. The molecule has 0 fully saturated rings. The van der Waals surface area contributed by atoms with E-state index in [1.54, 1.807) is 18.5 Å². The third kappa shape index (κ3) is 4.57. The van der Waals surface area contributed by atoms with E-state index in [0.717, 1.165) is 11.1 Å². The van der Waals surface area contributed by atoms with Gasteiger partial charge < -0.3 is 5.32 Å². The van der Waals surface area contributed by atoms with Gasteiger partial charge in [0.2, 0.25) is 0 Å². The molecule has 1 rings (SSSR count). The minimum Gasteiger partial charge on any atom is -0.314 e. The van der Waals surface area contributed by atoms with Crippen molar-refractivity contribution in [3.05, 3.63) is 35.7 Å². The van der Waals surface area contributed by atoms with Gasteiger partial charge in [-0.2, -0.15) is 0 Å². The molecular weight excluding hydrogens is 226 g/mol. The van der Waals surface area contributed by atoms with Gasteiger partial charge in [-0.3, -0.25) is 5.32 Å². The maximum Gasteiger partial charge on any atom is 0.324 e. The maximum atomic E-state index is 11.6. The number of hydrogen-bond donors (Lipinski definition) is 2. The van der Waals surface area contributed by atoms with E-state index >= 15 is 0 Å². The first-order valence-electron chi connectivity index (χ1n) is 5.96. The van der Waals surface area contributed by atoms with Gasteiger partial charge in [-0.15, -0.1) is 0 Å². The van der Waals surface area contributed by atoms with Crippen molar-refractivity contribution in [2.45, 2.75) is 34.6 Å². The van der Waals surface area contributed by atoms with Gasteiger partial charge in [-0.1, -0.05) is 32.4 Å². The highest BCUT2D eigenvalue weighted by atomic mass is 16.2. The van der Waals surface area contributed by atoms with Crippen molar-refractivity contribution >= 4 is 11.8 Å². The van der Waals surface area contributed by atoms with Crippen molar-refractivity contribution < 1.29 is 4.79 Å². The molecule has 4 nitrogen and oxygen atoms in total. The zero-order chi connectivity index (χ0) is 13.8. The van der Waals surface area contributed by atoms with Gasteiger partial charge in [0.15, 0.2) is 0 Å². The summed E-state index contributed by atoms with van der Waals surface area (Å²) in [5, 5.41) is 5.37. The molecule has 2 N–H and O–H groups in total. The lowest BCUT2D eigenvalue weighted by molar-refractivity contribution is 0.255. The summed E-state index contributed by atoms with van der Waals surface area (Å²) in [6.45, 7) is 10.2. The molecule has 1 heterocycles. The largest absolute Gasteiger partial charge is 0.324 e. The molecule has 0 radical (unpaired) electrons. The number of nitrogens with zero attached hydrogens (tertiary/aromatic N) is 1. The van der Waals surface area contributed by atoms with Gasteiger partial charge in [-0.05, 0) is 30.9 Å². The number of rotatable bonds is 2. The van der Waals surface area contributed by atoms with Crippen molar-refractivity contribution in [2.24, 2.45) is 5.41 Å². The summed E-state index contributed by atoms with van der Waals surface area (Å²) < 4.78 is 0. The lowest BCUT2D eigenvalue weighted by atomic mass is 9.88. The first kappa shape index (κ1) is 14.2. The molecule has 0 unspecified atom stereocenters. The standard InChI is InChI=1S/C14H21N3O/c1-10-6-7-12(15-8-10)17-13(18)16-9-11(2)14(3,4)5/h6-9H,1-5H3,(H2,15,16,17,18)/b11-9+. The van der Waals surface area contributed by atoms with Gasteiger partial charge >= 0.3 is 6.03 Å². The Kier molecular flexibility index (Phi) is 4.48. The van der Waals surface area contributed by atoms with Crippen LogP contribution in [-0.2, 0) is 0 Å². The average Bonchev–Trinajstić information content (AvgIpc) is 2.28. The molecular formula is C14H21N3O. The van der Waals surface area contributed by atoms with Gasteiger partial charge in [0, 0.05) is 12.4 Å². The highest BCUT2D eigenvalue weighted by Crippen LogP contribution is 2.23. The number of aryl methyl sites for hydroxylation is 1. The van der Waals surface area contributed by atoms with E-state index < -0.39 is 0 Å². The van der Waals surface area contributed by atoms with E-state index in [-0.39, 0.29) is 11.4 Å². The first-order chi connectivity index (χ1) is 8.29. The lowest BCUT2D eigenvalue weighted by Crippen LogP contribution is -2.25. The summed E-state index contributed by atoms with van der Waals surface area (Å²) in [7, 11) is 0. The van der Waals surface area contributed by atoms with Gasteiger partial charge in [-0.25, -0.2) is 9.78 Å². The summed E-state index contributed by atoms with van der Waals surface area (Å²) in [5.41, 5.74) is 2.22. The molecule has 0 spiro atoms. The number of amides is 2. The monoisotopic (exact) mass is 247 g/mol. The third-order valence-corrected chi connectivity index (χ3v) is 2.76. The van der Waals surface area contributed by atoms with Crippen LogP contribution in [0.4, 0.5) is 10.6 Å². The Balaban J connectivity index is 2.55. The predicted molar refractivity (Wildman–Crippen MR) is 74.3 cm³/mol. The van der Waals surface area contributed by atoms with Gasteiger partial charge in [0.05, 0.1) is 0 Å². The van der Waals surface area contributed by atoms with E-state index in [2.05, 4.69) is 36.4 Å². The molecule has 0 aliphatic carbocycles. The number of nitrogens with one attached hydrogen (secondary N) is 2. The van der Waals surface area contributed by atoms with Crippen LogP contribution >= 0.6 is 0 Å². The molecule has 98 valence electrons. The Morgan fingerprint density at radius 2 is 2.00 bits per heavy atom. The minimum absolute atomic E-state index is 0.0510. The third-order valence-electron chi connectivity index (χ3n) is 2.76. The molecule has 0 aromatic carbocycles. The van der Waals surface area contributed by atoms with Gasteiger partial charge in [0.1, 0.15) is 5.82 Å². The summed E-state index contributed by atoms with van der Waals surface area (Å²) in [5.74, 6) is 0.542. The average molecular weight is 247 g/mol. The molecule has 18 heavy (non-hydrogen) atoms. The molecule has 2 amide bonds. The molecule has 0 aliphatic rings. The SMILES string of the molecule is C/C(=C\NC(=O)Nc1ccc(C)cn1)C(C)(C)C. The number of urea groups is 1. The summed E-state index contributed by atoms with van der Waals surface area (Å²) in [4.78, 5) is 15.7. The summed E-state index contributed by atoms with van der Waals surface area (Å²) in [6, 6.07) is 3.39. The van der Waals surface area contributed by atoms with Crippen LogP contribution < -0.4 is 10.6 Å².